The Morgan fingerprint density at radius 2 is 1.20 bits per heavy atom. The van der Waals surface area contributed by atoms with Gasteiger partial charge < -0.3 is 4.90 Å². The quantitative estimate of drug-likeness (QED) is 0.129. The average Bonchev–Trinajstić information content (AvgIpc) is 3.27. The van der Waals surface area contributed by atoms with Crippen LogP contribution >= 0.6 is 0 Å². The molecule has 0 saturated carbocycles. The molecule has 2 aliphatic rings. The standard InChI is InChI=1S/C35H22N4O2/c1-38-27-13-6-7-14-28(27)39(35-29(38)15-8-18-36-35)30-17-16-21(20-37-30)19-26-33(40)31-24-11-4-2-9-22(24)23-10-3-5-12-25(23)32(31)34(26)41/h2-20H,1H3. The fourth-order valence-electron chi connectivity index (χ4n) is 6.13. The number of hydrogen-bond donors (Lipinski definition) is 0. The molecule has 4 aromatic carbocycles. The molecule has 6 heteroatoms. The first-order valence-corrected chi connectivity index (χ1v) is 13.4. The van der Waals surface area contributed by atoms with Gasteiger partial charge in [0.25, 0.3) is 0 Å². The van der Waals surface area contributed by atoms with Gasteiger partial charge in [0.15, 0.2) is 17.4 Å². The Bertz CT molecular complexity index is 1990. The number of rotatable bonds is 2. The van der Waals surface area contributed by atoms with Crippen molar-refractivity contribution in [1.29, 1.82) is 0 Å². The highest BCUT2D eigenvalue weighted by molar-refractivity contribution is 6.47. The van der Waals surface area contributed by atoms with Gasteiger partial charge in [0, 0.05) is 30.6 Å². The number of aromatic nitrogens is 2. The fourth-order valence-corrected chi connectivity index (χ4v) is 6.13. The minimum absolute atomic E-state index is 0.160. The Morgan fingerprint density at radius 1 is 0.610 bits per heavy atom. The molecule has 1 aliphatic carbocycles. The summed E-state index contributed by atoms with van der Waals surface area (Å²) in [6.45, 7) is 0. The van der Waals surface area contributed by atoms with Crippen molar-refractivity contribution < 1.29 is 9.59 Å². The Kier molecular flexibility index (Phi) is 4.94. The van der Waals surface area contributed by atoms with Gasteiger partial charge in [-0.15, -0.1) is 0 Å². The smallest absolute Gasteiger partial charge is 0.198 e. The minimum Gasteiger partial charge on any atom is -0.340 e. The zero-order valence-corrected chi connectivity index (χ0v) is 22.1. The zero-order chi connectivity index (χ0) is 27.7. The first-order valence-electron chi connectivity index (χ1n) is 13.4. The molecule has 0 N–H and O–H groups in total. The molecule has 0 saturated heterocycles. The lowest BCUT2D eigenvalue weighted by molar-refractivity contribution is 0.0991. The second-order valence-corrected chi connectivity index (χ2v) is 10.2. The van der Waals surface area contributed by atoms with Crippen LogP contribution in [0.5, 0.6) is 0 Å². The van der Waals surface area contributed by atoms with Crippen molar-refractivity contribution in [3.63, 3.8) is 0 Å². The predicted molar refractivity (Wildman–Crippen MR) is 163 cm³/mol. The number of benzene rings is 4. The molecule has 2 aromatic heterocycles. The number of ketones is 2. The Morgan fingerprint density at radius 3 is 1.83 bits per heavy atom. The number of carbonyl (C=O) groups is 2. The third-order valence-electron chi connectivity index (χ3n) is 8.01. The minimum atomic E-state index is -0.248. The molecule has 8 rings (SSSR count). The SMILES string of the molecule is CN1c2ccccc2N(c2ccc(C=C3C(=O)c4c(c5ccccc5c5ccccc45)C3=O)cn2)c2ncccc21. The van der Waals surface area contributed by atoms with Crippen LogP contribution in [0.2, 0.25) is 0 Å². The molecule has 0 radical (unpaired) electrons. The number of allylic oxidation sites excluding steroid dienone is 1. The molecule has 1 aliphatic heterocycles. The number of Topliss-reactive ketones (excluding diaryl/α,β-unsaturated/α-hetero) is 2. The van der Waals surface area contributed by atoms with E-state index in [2.05, 4.69) is 16.0 Å². The fraction of sp³-hybridized carbons (Fsp3) is 0.0286. The average molecular weight is 531 g/mol. The summed E-state index contributed by atoms with van der Waals surface area (Å²) in [7, 11) is 2.03. The van der Waals surface area contributed by atoms with Crippen LogP contribution in [-0.2, 0) is 0 Å². The van der Waals surface area contributed by atoms with Crippen LogP contribution in [0.1, 0.15) is 26.3 Å². The number of pyridine rings is 2. The van der Waals surface area contributed by atoms with E-state index in [4.69, 9.17) is 4.98 Å². The van der Waals surface area contributed by atoms with Gasteiger partial charge in [-0.1, -0.05) is 60.7 Å². The number of hydrogen-bond acceptors (Lipinski definition) is 6. The van der Waals surface area contributed by atoms with Gasteiger partial charge in [0.1, 0.15) is 5.82 Å². The van der Waals surface area contributed by atoms with E-state index in [0.717, 1.165) is 44.4 Å². The summed E-state index contributed by atoms with van der Waals surface area (Å²) >= 11 is 0. The largest absolute Gasteiger partial charge is 0.340 e. The first-order chi connectivity index (χ1) is 20.1. The van der Waals surface area contributed by atoms with Crippen LogP contribution in [-0.4, -0.2) is 28.6 Å². The molecule has 6 aromatic rings. The highest BCUT2D eigenvalue weighted by Crippen LogP contribution is 2.49. The number of fused-ring (bicyclic) bond motifs is 8. The number of anilines is 5. The molecule has 6 nitrogen and oxygen atoms in total. The van der Waals surface area contributed by atoms with Gasteiger partial charge in [0.05, 0.1) is 22.6 Å². The van der Waals surface area contributed by atoms with E-state index in [-0.39, 0.29) is 17.1 Å². The molecule has 0 atom stereocenters. The van der Waals surface area contributed by atoms with E-state index in [9.17, 15) is 9.59 Å². The second-order valence-electron chi connectivity index (χ2n) is 10.2. The van der Waals surface area contributed by atoms with Crippen LogP contribution in [0.25, 0.3) is 27.6 Å². The lowest BCUT2D eigenvalue weighted by Gasteiger charge is -2.36. The summed E-state index contributed by atoms with van der Waals surface area (Å²) in [5.41, 5.74) is 4.78. The third kappa shape index (κ3) is 3.31. The van der Waals surface area contributed by atoms with Crippen LogP contribution in [0.15, 0.2) is 115 Å². The van der Waals surface area contributed by atoms with Gasteiger partial charge >= 0.3 is 0 Å². The van der Waals surface area contributed by atoms with Crippen molar-refractivity contribution in [1.82, 2.24) is 9.97 Å². The van der Waals surface area contributed by atoms with Gasteiger partial charge in [-0.2, -0.15) is 0 Å². The first kappa shape index (κ1) is 23.3. The highest BCUT2D eigenvalue weighted by Gasteiger charge is 2.37. The van der Waals surface area contributed by atoms with Crippen molar-refractivity contribution >= 4 is 67.9 Å². The van der Waals surface area contributed by atoms with E-state index in [1.54, 1.807) is 18.5 Å². The molecular formula is C35H22N4O2. The summed E-state index contributed by atoms with van der Waals surface area (Å²) in [5, 5.41) is 3.54. The Hall–Kier alpha value is -5.62. The maximum atomic E-state index is 13.8. The summed E-state index contributed by atoms with van der Waals surface area (Å²) in [6, 6.07) is 31.4. The summed E-state index contributed by atoms with van der Waals surface area (Å²) in [4.78, 5) is 41.1. The van der Waals surface area contributed by atoms with Crippen molar-refractivity contribution in [3.05, 3.63) is 132 Å². The lowest BCUT2D eigenvalue weighted by atomic mass is 9.93. The lowest BCUT2D eigenvalue weighted by Crippen LogP contribution is -2.25. The number of para-hydroxylation sites is 2. The van der Waals surface area contributed by atoms with Crippen molar-refractivity contribution in [3.8, 4) is 0 Å². The Labute approximate surface area is 235 Å². The molecular weight excluding hydrogens is 508 g/mol. The summed E-state index contributed by atoms with van der Waals surface area (Å²) < 4.78 is 0. The van der Waals surface area contributed by atoms with Gasteiger partial charge in [-0.25, -0.2) is 9.97 Å². The van der Waals surface area contributed by atoms with Crippen molar-refractivity contribution in [2.45, 2.75) is 0 Å². The zero-order valence-electron chi connectivity index (χ0n) is 22.1. The molecule has 0 spiro atoms. The molecule has 41 heavy (non-hydrogen) atoms. The van der Waals surface area contributed by atoms with Crippen LogP contribution < -0.4 is 9.80 Å². The van der Waals surface area contributed by atoms with Crippen LogP contribution in [0, 0.1) is 0 Å². The van der Waals surface area contributed by atoms with Crippen molar-refractivity contribution in [2.75, 3.05) is 16.8 Å². The molecule has 194 valence electrons. The topological polar surface area (TPSA) is 66.4 Å². The molecule has 0 bridgehead atoms. The van der Waals surface area contributed by atoms with Crippen LogP contribution in [0.4, 0.5) is 28.7 Å². The number of nitrogens with zero attached hydrogens (tertiary/aromatic N) is 4. The van der Waals surface area contributed by atoms with Crippen molar-refractivity contribution in [2.24, 2.45) is 0 Å². The Balaban J connectivity index is 1.22. The summed E-state index contributed by atoms with van der Waals surface area (Å²) in [6.07, 6.45) is 5.13. The molecule has 0 unspecified atom stereocenters. The maximum absolute atomic E-state index is 13.8. The third-order valence-corrected chi connectivity index (χ3v) is 8.01. The second kappa shape index (κ2) is 8.69. The normalized spacial score (nSPS) is 13.9. The van der Waals surface area contributed by atoms with E-state index < -0.39 is 0 Å². The van der Waals surface area contributed by atoms with Crippen LogP contribution in [0.3, 0.4) is 0 Å². The monoisotopic (exact) mass is 530 g/mol. The maximum Gasteiger partial charge on any atom is 0.198 e. The van der Waals surface area contributed by atoms with E-state index in [1.807, 2.05) is 103 Å². The summed E-state index contributed by atoms with van der Waals surface area (Å²) in [5.74, 6) is 0.976. The molecule has 3 heterocycles. The highest BCUT2D eigenvalue weighted by atomic mass is 16.2. The van der Waals surface area contributed by atoms with E-state index >= 15 is 0 Å². The van der Waals surface area contributed by atoms with Gasteiger partial charge in [-0.05, 0) is 69.6 Å². The van der Waals surface area contributed by atoms with E-state index in [0.29, 0.717) is 22.5 Å². The van der Waals surface area contributed by atoms with Gasteiger partial charge in [0.2, 0.25) is 0 Å². The molecule has 0 amide bonds. The van der Waals surface area contributed by atoms with Gasteiger partial charge in [-0.3, -0.25) is 14.5 Å². The van der Waals surface area contributed by atoms with E-state index in [1.165, 1.54) is 0 Å². The molecule has 0 fully saturated rings. The predicted octanol–water partition coefficient (Wildman–Crippen LogP) is 7.80. The number of carbonyl (C=O) groups excluding carboxylic acids is 2.